The van der Waals surface area contributed by atoms with Crippen LogP contribution in [0, 0.1) is 5.82 Å². The molecule has 1 aliphatic rings. The number of hydrogen-bond donors (Lipinski definition) is 1. The lowest BCUT2D eigenvalue weighted by molar-refractivity contribution is 0.0953. The zero-order valence-corrected chi connectivity index (χ0v) is 15.8. The van der Waals surface area contributed by atoms with Gasteiger partial charge in [0.25, 0.3) is 5.91 Å². The van der Waals surface area contributed by atoms with Gasteiger partial charge in [-0.2, -0.15) is 11.8 Å². The molecule has 0 saturated heterocycles. The van der Waals surface area contributed by atoms with Gasteiger partial charge in [-0.3, -0.25) is 4.79 Å². The van der Waals surface area contributed by atoms with Crippen LogP contribution in [0.4, 0.5) is 4.39 Å². The molecule has 0 fully saturated rings. The van der Waals surface area contributed by atoms with E-state index in [4.69, 9.17) is 0 Å². The van der Waals surface area contributed by atoms with E-state index >= 15 is 0 Å². The second kappa shape index (κ2) is 7.68. The van der Waals surface area contributed by atoms with Crippen molar-refractivity contribution in [2.45, 2.75) is 18.6 Å². The molecule has 6 heteroatoms. The number of carbonyl (C=O) groups is 1. The number of nitrogens with zero attached hydrogens (tertiary/aromatic N) is 1. The maximum absolute atomic E-state index is 13.0. The van der Waals surface area contributed by atoms with Crippen molar-refractivity contribution in [3.63, 3.8) is 0 Å². The average Bonchev–Trinajstić information content (AvgIpc) is 3.30. The Morgan fingerprint density at radius 3 is 2.73 bits per heavy atom. The Bertz CT molecular complexity index is 901. The van der Waals surface area contributed by atoms with E-state index in [1.165, 1.54) is 22.6 Å². The molecule has 0 bridgehead atoms. The highest BCUT2D eigenvalue weighted by atomic mass is 32.2. The fourth-order valence-electron chi connectivity index (χ4n) is 3.16. The van der Waals surface area contributed by atoms with E-state index < -0.39 is 0 Å². The van der Waals surface area contributed by atoms with Crippen LogP contribution in [0.5, 0.6) is 0 Å². The third kappa shape index (κ3) is 3.57. The lowest BCUT2D eigenvalue weighted by atomic mass is 10.1. The number of hydrogen-bond acceptors (Lipinski definition) is 3. The lowest BCUT2D eigenvalue weighted by Crippen LogP contribution is -2.27. The van der Waals surface area contributed by atoms with Crippen LogP contribution in [0.3, 0.4) is 0 Å². The molecule has 1 aromatic carbocycles. The minimum atomic E-state index is -0.239. The van der Waals surface area contributed by atoms with Gasteiger partial charge < -0.3 is 9.88 Å². The first-order valence-corrected chi connectivity index (χ1v) is 10.6. The first kappa shape index (κ1) is 17.4. The van der Waals surface area contributed by atoms with E-state index in [0.29, 0.717) is 13.0 Å². The molecule has 1 amide bonds. The Morgan fingerprint density at radius 2 is 1.96 bits per heavy atom. The van der Waals surface area contributed by atoms with Crippen LogP contribution in [0.1, 0.15) is 26.4 Å². The summed E-state index contributed by atoms with van der Waals surface area (Å²) in [6.07, 6.45) is 5.60. The van der Waals surface area contributed by atoms with Crippen LogP contribution >= 0.6 is 23.1 Å². The Hall–Kier alpha value is -2.05. The third-order valence-electron chi connectivity index (χ3n) is 4.48. The van der Waals surface area contributed by atoms with Crippen molar-refractivity contribution in [2.24, 2.45) is 0 Å². The Kier molecular flexibility index (Phi) is 5.13. The fourth-order valence-corrected chi connectivity index (χ4v) is 5.61. The normalized spacial score (nSPS) is 13.4. The van der Waals surface area contributed by atoms with Crippen LogP contribution in [0.25, 0.3) is 5.00 Å². The summed E-state index contributed by atoms with van der Waals surface area (Å²) in [4.78, 5) is 14.3. The predicted molar refractivity (Wildman–Crippen MR) is 106 cm³/mol. The Balaban J connectivity index is 1.53. The second-order valence-electron chi connectivity index (χ2n) is 6.21. The minimum absolute atomic E-state index is 0.0137. The van der Waals surface area contributed by atoms with E-state index in [1.807, 2.05) is 40.9 Å². The van der Waals surface area contributed by atoms with Crippen molar-refractivity contribution in [3.05, 3.63) is 76.2 Å². The number of benzene rings is 1. The van der Waals surface area contributed by atoms with Gasteiger partial charge in [0.15, 0.2) is 0 Å². The molecule has 2 aromatic heterocycles. The summed E-state index contributed by atoms with van der Waals surface area (Å²) >= 11 is 3.64. The van der Waals surface area contributed by atoms with Gasteiger partial charge in [0, 0.05) is 29.6 Å². The van der Waals surface area contributed by atoms with E-state index in [2.05, 4.69) is 5.32 Å². The van der Waals surface area contributed by atoms with E-state index in [9.17, 15) is 9.18 Å². The molecule has 1 aliphatic heterocycles. The van der Waals surface area contributed by atoms with Gasteiger partial charge in [0.2, 0.25) is 0 Å². The molecular weight excluding hydrogens is 367 g/mol. The van der Waals surface area contributed by atoms with Crippen LogP contribution < -0.4 is 5.32 Å². The first-order chi connectivity index (χ1) is 12.7. The molecule has 3 aromatic rings. The molecule has 3 heterocycles. The summed E-state index contributed by atoms with van der Waals surface area (Å²) in [5.74, 6) is 1.79. The van der Waals surface area contributed by atoms with Crippen molar-refractivity contribution in [1.82, 2.24) is 9.88 Å². The molecular formula is C20H19FN2OS2. The van der Waals surface area contributed by atoms with Gasteiger partial charge in [0.1, 0.15) is 10.8 Å². The molecule has 0 aliphatic carbocycles. The minimum Gasteiger partial charge on any atom is -0.352 e. The summed E-state index contributed by atoms with van der Waals surface area (Å²) in [6, 6.07) is 10.4. The molecule has 134 valence electrons. The van der Waals surface area contributed by atoms with Crippen molar-refractivity contribution in [1.29, 1.82) is 0 Å². The van der Waals surface area contributed by atoms with Gasteiger partial charge in [-0.1, -0.05) is 12.1 Å². The smallest absolute Gasteiger partial charge is 0.254 e. The molecule has 0 saturated carbocycles. The molecule has 0 unspecified atom stereocenters. The highest BCUT2D eigenvalue weighted by molar-refractivity contribution is 7.98. The monoisotopic (exact) mass is 386 g/mol. The van der Waals surface area contributed by atoms with Gasteiger partial charge in [-0.25, -0.2) is 4.39 Å². The van der Waals surface area contributed by atoms with Crippen LogP contribution in [0.15, 0.2) is 48.8 Å². The summed E-state index contributed by atoms with van der Waals surface area (Å²) in [5.41, 5.74) is 3.04. The summed E-state index contributed by atoms with van der Waals surface area (Å²) < 4.78 is 15.0. The molecule has 4 rings (SSSR count). The van der Waals surface area contributed by atoms with Crippen molar-refractivity contribution in [2.75, 3.05) is 12.3 Å². The number of fused-ring (bicyclic) bond motifs is 1. The predicted octanol–water partition coefficient (Wildman–Crippen LogP) is 4.44. The number of thiophene rings is 1. The van der Waals surface area contributed by atoms with Crippen molar-refractivity contribution >= 4 is 29.0 Å². The summed E-state index contributed by atoms with van der Waals surface area (Å²) in [5, 5.41) is 4.06. The van der Waals surface area contributed by atoms with Crippen LogP contribution in [0.2, 0.25) is 0 Å². The van der Waals surface area contributed by atoms with Crippen molar-refractivity contribution in [3.8, 4) is 5.00 Å². The van der Waals surface area contributed by atoms with E-state index in [0.717, 1.165) is 34.1 Å². The number of halogens is 1. The maximum Gasteiger partial charge on any atom is 0.254 e. The van der Waals surface area contributed by atoms with E-state index in [1.54, 1.807) is 23.5 Å². The summed E-state index contributed by atoms with van der Waals surface area (Å²) in [6.45, 7) is 0.537. The molecule has 0 radical (unpaired) electrons. The van der Waals surface area contributed by atoms with Crippen molar-refractivity contribution < 1.29 is 9.18 Å². The molecule has 1 N–H and O–H groups in total. The van der Waals surface area contributed by atoms with Gasteiger partial charge in [0.05, 0.1) is 5.56 Å². The maximum atomic E-state index is 13.0. The highest BCUT2D eigenvalue weighted by Gasteiger charge is 2.26. The number of carbonyl (C=O) groups excluding carboxylic acids is 1. The van der Waals surface area contributed by atoms with Gasteiger partial charge in [-0.05, 0) is 54.0 Å². The third-order valence-corrected chi connectivity index (χ3v) is 6.89. The Labute approximate surface area is 160 Å². The topological polar surface area (TPSA) is 34.0 Å². The first-order valence-electron chi connectivity index (χ1n) is 8.60. The number of nitrogens with one attached hydrogen (secondary N) is 1. The molecule has 26 heavy (non-hydrogen) atoms. The number of amides is 1. The highest BCUT2D eigenvalue weighted by Crippen LogP contribution is 2.38. The largest absolute Gasteiger partial charge is 0.352 e. The zero-order valence-electron chi connectivity index (χ0n) is 14.2. The van der Waals surface area contributed by atoms with Crippen LogP contribution in [-0.4, -0.2) is 22.8 Å². The second-order valence-corrected chi connectivity index (χ2v) is 8.40. The molecule has 3 nitrogen and oxygen atoms in total. The Morgan fingerprint density at radius 1 is 1.19 bits per heavy atom. The van der Waals surface area contributed by atoms with Gasteiger partial charge in [-0.15, -0.1) is 11.3 Å². The zero-order chi connectivity index (χ0) is 17.9. The number of thioether (sulfide) groups is 1. The van der Waals surface area contributed by atoms with E-state index in [-0.39, 0.29) is 11.7 Å². The fraction of sp³-hybridized carbons (Fsp3) is 0.250. The SMILES string of the molecule is O=C(NCCc1ccc(F)cc1)c1c(-n2cccc2)sc2c1CCSC2. The standard InChI is InChI=1S/C20H19FN2OS2/c21-15-5-3-14(4-6-15)7-9-22-19(24)18-16-8-12-25-13-17(16)26-20(18)23-10-1-2-11-23/h1-6,10-11H,7-9,12-13H2,(H,22,24). The lowest BCUT2D eigenvalue weighted by Gasteiger charge is -2.13. The van der Waals surface area contributed by atoms with Gasteiger partial charge >= 0.3 is 0 Å². The summed E-state index contributed by atoms with van der Waals surface area (Å²) in [7, 11) is 0. The van der Waals surface area contributed by atoms with Crippen LogP contribution in [-0.2, 0) is 18.6 Å². The quantitative estimate of drug-likeness (QED) is 0.703. The molecule has 0 spiro atoms. The number of aromatic nitrogens is 1. The molecule has 0 atom stereocenters. The average molecular weight is 387 g/mol. The number of rotatable bonds is 5.